The molecule has 2 amide bonds. The van der Waals surface area contributed by atoms with Crippen molar-refractivity contribution in [2.24, 2.45) is 5.92 Å². The molecule has 0 saturated carbocycles. The van der Waals surface area contributed by atoms with Crippen LogP contribution >= 0.6 is 0 Å². The van der Waals surface area contributed by atoms with Gasteiger partial charge in [0.1, 0.15) is 5.75 Å². The first kappa shape index (κ1) is 21.6. The Kier molecular flexibility index (Phi) is 6.54. The largest absolute Gasteiger partial charge is 0.495 e. The molecule has 32 heavy (non-hydrogen) atoms. The van der Waals surface area contributed by atoms with Crippen molar-refractivity contribution < 1.29 is 9.53 Å². The number of methoxy groups -OCH3 is 1. The summed E-state index contributed by atoms with van der Waals surface area (Å²) in [6, 6.07) is 16.9. The summed E-state index contributed by atoms with van der Waals surface area (Å²) in [5, 5.41) is 14.5. The maximum Gasteiger partial charge on any atom is 0.323 e. The number of aryl methyl sites for hydroxylation is 1. The number of benzene rings is 2. The monoisotopic (exact) mass is 431 g/mol. The molecule has 7 nitrogen and oxygen atoms in total. The summed E-state index contributed by atoms with van der Waals surface area (Å²) in [5.41, 5.74) is 4.10. The zero-order valence-electron chi connectivity index (χ0n) is 18.8. The fourth-order valence-electron chi connectivity index (χ4n) is 3.81. The first-order chi connectivity index (χ1) is 15.5. The van der Waals surface area contributed by atoms with Crippen molar-refractivity contribution in [1.82, 2.24) is 10.2 Å². The summed E-state index contributed by atoms with van der Waals surface area (Å²) in [7, 11) is 1.58. The molecule has 0 radical (unpaired) electrons. The second-order valence-corrected chi connectivity index (χ2v) is 8.31. The maximum absolute atomic E-state index is 12.4. The molecule has 1 fully saturated rings. The topological polar surface area (TPSA) is 79.4 Å². The molecule has 2 heterocycles. The number of amides is 2. The standard InChI is InChI=1S/C25H29N5O2/c1-17-12-14-30(15-13-17)24-11-9-21(28-29-24)19-5-7-20(8-6-19)26-25(31)27-22-16-18(2)4-10-23(22)32-3/h4-11,16-17H,12-15H2,1-3H3,(H2,26,27,31). The fraction of sp³-hybridized carbons (Fsp3) is 0.320. The first-order valence-electron chi connectivity index (χ1n) is 10.9. The van der Waals surface area contributed by atoms with Crippen LogP contribution < -0.4 is 20.3 Å². The van der Waals surface area contributed by atoms with Crippen LogP contribution in [0.2, 0.25) is 0 Å². The SMILES string of the molecule is COc1ccc(C)cc1NC(=O)Nc1ccc(-c2ccc(N3CCC(C)CC3)nn2)cc1. The number of nitrogens with one attached hydrogen (secondary N) is 2. The van der Waals surface area contributed by atoms with E-state index in [0.29, 0.717) is 17.1 Å². The van der Waals surface area contributed by atoms with Gasteiger partial charge in [0.05, 0.1) is 18.5 Å². The molecular formula is C25H29N5O2. The second kappa shape index (κ2) is 9.68. The van der Waals surface area contributed by atoms with E-state index < -0.39 is 0 Å². The van der Waals surface area contributed by atoms with E-state index >= 15 is 0 Å². The lowest BCUT2D eigenvalue weighted by molar-refractivity contribution is 0.262. The first-order valence-corrected chi connectivity index (χ1v) is 10.9. The van der Waals surface area contributed by atoms with E-state index in [2.05, 4.69) is 32.7 Å². The van der Waals surface area contributed by atoms with Gasteiger partial charge in [-0.2, -0.15) is 0 Å². The van der Waals surface area contributed by atoms with Crippen LogP contribution in [0.5, 0.6) is 5.75 Å². The molecule has 4 rings (SSSR count). The summed E-state index contributed by atoms with van der Waals surface area (Å²) >= 11 is 0. The van der Waals surface area contributed by atoms with Gasteiger partial charge in [0.15, 0.2) is 5.82 Å². The maximum atomic E-state index is 12.4. The number of piperidine rings is 1. The van der Waals surface area contributed by atoms with Gasteiger partial charge in [-0.25, -0.2) is 4.79 Å². The highest BCUT2D eigenvalue weighted by atomic mass is 16.5. The summed E-state index contributed by atoms with van der Waals surface area (Å²) in [6.07, 6.45) is 2.39. The number of hydrogen-bond acceptors (Lipinski definition) is 5. The van der Waals surface area contributed by atoms with Gasteiger partial charge in [-0.3, -0.25) is 0 Å². The molecule has 0 aliphatic carbocycles. The van der Waals surface area contributed by atoms with Gasteiger partial charge in [-0.15, -0.1) is 10.2 Å². The van der Waals surface area contributed by atoms with Gasteiger partial charge in [-0.1, -0.05) is 25.1 Å². The molecule has 7 heteroatoms. The minimum absolute atomic E-state index is 0.332. The van der Waals surface area contributed by atoms with Crippen molar-refractivity contribution in [1.29, 1.82) is 0 Å². The molecule has 3 aromatic rings. The van der Waals surface area contributed by atoms with E-state index in [1.165, 1.54) is 12.8 Å². The van der Waals surface area contributed by atoms with Crippen LogP contribution in [0, 0.1) is 12.8 Å². The van der Waals surface area contributed by atoms with Gasteiger partial charge in [0.2, 0.25) is 0 Å². The molecule has 1 aliphatic heterocycles. The Morgan fingerprint density at radius 3 is 2.41 bits per heavy atom. The van der Waals surface area contributed by atoms with Crippen LogP contribution in [0.25, 0.3) is 11.3 Å². The zero-order valence-corrected chi connectivity index (χ0v) is 18.8. The second-order valence-electron chi connectivity index (χ2n) is 8.31. The molecule has 1 aromatic heterocycles. The van der Waals surface area contributed by atoms with Crippen LogP contribution in [0.15, 0.2) is 54.6 Å². The number of nitrogens with zero attached hydrogens (tertiary/aromatic N) is 3. The molecule has 0 atom stereocenters. The van der Waals surface area contributed by atoms with Crippen molar-refractivity contribution in [3.8, 4) is 17.0 Å². The number of carbonyl (C=O) groups is 1. The van der Waals surface area contributed by atoms with Crippen LogP contribution in [-0.4, -0.2) is 36.4 Å². The molecule has 166 valence electrons. The average Bonchev–Trinajstić information content (AvgIpc) is 2.80. The van der Waals surface area contributed by atoms with E-state index in [0.717, 1.165) is 41.6 Å². The Bertz CT molecular complexity index is 1060. The average molecular weight is 432 g/mol. The number of rotatable bonds is 5. The molecule has 2 N–H and O–H groups in total. The Morgan fingerprint density at radius 1 is 1.00 bits per heavy atom. The number of ether oxygens (including phenoxy) is 1. The Hall–Kier alpha value is -3.61. The van der Waals surface area contributed by atoms with Gasteiger partial charge in [-0.05, 0) is 67.6 Å². The van der Waals surface area contributed by atoms with Gasteiger partial charge in [0, 0.05) is 24.3 Å². The van der Waals surface area contributed by atoms with E-state index in [-0.39, 0.29) is 6.03 Å². The summed E-state index contributed by atoms with van der Waals surface area (Å²) < 4.78 is 5.31. The Morgan fingerprint density at radius 2 is 1.75 bits per heavy atom. The molecule has 1 saturated heterocycles. The van der Waals surface area contributed by atoms with Crippen LogP contribution in [0.4, 0.5) is 22.0 Å². The molecule has 0 bridgehead atoms. The summed E-state index contributed by atoms with van der Waals surface area (Å²) in [4.78, 5) is 14.7. The van der Waals surface area contributed by atoms with Crippen molar-refractivity contribution in [3.63, 3.8) is 0 Å². The number of anilines is 3. The molecule has 0 spiro atoms. The minimum Gasteiger partial charge on any atom is -0.495 e. The van der Waals surface area contributed by atoms with Gasteiger partial charge < -0.3 is 20.3 Å². The number of carbonyl (C=O) groups excluding carboxylic acids is 1. The van der Waals surface area contributed by atoms with Crippen molar-refractivity contribution in [3.05, 3.63) is 60.2 Å². The zero-order chi connectivity index (χ0) is 22.5. The smallest absolute Gasteiger partial charge is 0.323 e. The predicted molar refractivity (Wildman–Crippen MR) is 128 cm³/mol. The lowest BCUT2D eigenvalue weighted by atomic mass is 9.99. The minimum atomic E-state index is -0.332. The van der Waals surface area contributed by atoms with Gasteiger partial charge >= 0.3 is 6.03 Å². The lowest BCUT2D eigenvalue weighted by Gasteiger charge is -2.30. The van der Waals surface area contributed by atoms with Crippen LogP contribution in [-0.2, 0) is 0 Å². The third-order valence-corrected chi connectivity index (χ3v) is 5.80. The normalized spacial score (nSPS) is 14.2. The van der Waals surface area contributed by atoms with E-state index in [1.807, 2.05) is 61.5 Å². The quantitative estimate of drug-likeness (QED) is 0.570. The summed E-state index contributed by atoms with van der Waals surface area (Å²) in [6.45, 7) is 6.33. The highest BCUT2D eigenvalue weighted by molar-refractivity contribution is 6.00. The van der Waals surface area contributed by atoms with Crippen LogP contribution in [0.1, 0.15) is 25.3 Å². The fourth-order valence-corrected chi connectivity index (χ4v) is 3.81. The van der Waals surface area contributed by atoms with E-state index in [1.54, 1.807) is 7.11 Å². The van der Waals surface area contributed by atoms with Gasteiger partial charge in [0.25, 0.3) is 0 Å². The van der Waals surface area contributed by atoms with Crippen molar-refractivity contribution >= 4 is 23.2 Å². The predicted octanol–water partition coefficient (Wildman–Crippen LogP) is 5.34. The number of aromatic nitrogens is 2. The van der Waals surface area contributed by atoms with Crippen molar-refractivity contribution in [2.75, 3.05) is 35.7 Å². The lowest BCUT2D eigenvalue weighted by Crippen LogP contribution is -2.33. The number of hydrogen-bond donors (Lipinski definition) is 2. The third-order valence-electron chi connectivity index (χ3n) is 5.80. The number of urea groups is 1. The van der Waals surface area contributed by atoms with Crippen LogP contribution in [0.3, 0.4) is 0 Å². The highest BCUT2D eigenvalue weighted by Gasteiger charge is 2.17. The third kappa shape index (κ3) is 5.17. The Balaban J connectivity index is 1.38. The Labute approximate surface area is 188 Å². The molecule has 1 aliphatic rings. The molecule has 2 aromatic carbocycles. The summed E-state index contributed by atoms with van der Waals surface area (Å²) in [5.74, 6) is 2.33. The molecule has 0 unspecified atom stereocenters. The van der Waals surface area contributed by atoms with Crippen molar-refractivity contribution in [2.45, 2.75) is 26.7 Å². The van der Waals surface area contributed by atoms with E-state index in [4.69, 9.17) is 4.74 Å². The highest BCUT2D eigenvalue weighted by Crippen LogP contribution is 2.26. The van der Waals surface area contributed by atoms with E-state index in [9.17, 15) is 4.79 Å². The molecular weight excluding hydrogens is 402 g/mol.